The molecular weight excluding hydrogens is 452 g/mol. The summed E-state index contributed by atoms with van der Waals surface area (Å²) in [6, 6.07) is 14.8. The number of ketones is 1. The van der Waals surface area contributed by atoms with Crippen molar-refractivity contribution in [2.75, 3.05) is 13.7 Å². The molecule has 34 heavy (non-hydrogen) atoms. The Labute approximate surface area is 199 Å². The van der Waals surface area contributed by atoms with Crippen LogP contribution in [-0.4, -0.2) is 45.4 Å². The average Bonchev–Trinajstić information content (AvgIpc) is 3.58. The van der Waals surface area contributed by atoms with Crippen molar-refractivity contribution >= 4 is 33.9 Å². The largest absolute Gasteiger partial charge is 0.508 e. The zero-order valence-corrected chi connectivity index (χ0v) is 19.1. The molecule has 4 aromatic rings. The van der Waals surface area contributed by atoms with Gasteiger partial charge in [-0.25, -0.2) is 0 Å². The van der Waals surface area contributed by atoms with E-state index in [1.165, 1.54) is 28.4 Å². The first-order chi connectivity index (χ1) is 16.5. The molecule has 1 atom stereocenters. The second kappa shape index (κ2) is 8.72. The standard InChI is InChI=1S/C26H22N2O5S/c1-33-18-8-9-20-19(13-18)16(14-27-20)10-11-28-23(15-4-6-17(29)7-5-15)22(25(31)26(28)32)24(30)21-3-2-12-34-21/h2-9,12-14,23,27,29,31H,10-11H2,1H3. The number of methoxy groups -OCH3 is 1. The van der Waals surface area contributed by atoms with E-state index in [2.05, 4.69) is 4.98 Å². The molecule has 2 aromatic heterocycles. The molecule has 0 aliphatic carbocycles. The Morgan fingerprint density at radius 2 is 1.94 bits per heavy atom. The van der Waals surface area contributed by atoms with E-state index in [1.807, 2.05) is 24.4 Å². The summed E-state index contributed by atoms with van der Waals surface area (Å²) in [5, 5.41) is 23.3. The van der Waals surface area contributed by atoms with Crippen LogP contribution in [0.15, 0.2) is 77.5 Å². The van der Waals surface area contributed by atoms with Gasteiger partial charge < -0.3 is 24.8 Å². The highest BCUT2D eigenvalue weighted by Gasteiger charge is 2.43. The van der Waals surface area contributed by atoms with Crippen LogP contribution >= 0.6 is 11.3 Å². The number of phenols is 1. The molecular formula is C26H22N2O5S. The minimum absolute atomic E-state index is 0.0544. The zero-order valence-electron chi connectivity index (χ0n) is 18.3. The smallest absolute Gasteiger partial charge is 0.290 e. The highest BCUT2D eigenvalue weighted by molar-refractivity contribution is 7.12. The monoisotopic (exact) mass is 474 g/mol. The lowest BCUT2D eigenvalue weighted by Gasteiger charge is -2.26. The van der Waals surface area contributed by atoms with Crippen LogP contribution in [0.4, 0.5) is 0 Å². The van der Waals surface area contributed by atoms with Gasteiger partial charge in [0.2, 0.25) is 5.78 Å². The number of phenolic OH excluding ortho intramolecular Hbond substituents is 1. The molecule has 8 heteroatoms. The van der Waals surface area contributed by atoms with Crippen molar-refractivity contribution in [1.82, 2.24) is 9.88 Å². The second-order valence-electron chi connectivity index (χ2n) is 8.04. The van der Waals surface area contributed by atoms with E-state index in [4.69, 9.17) is 4.74 Å². The van der Waals surface area contributed by atoms with Gasteiger partial charge in [-0.2, -0.15) is 0 Å². The van der Waals surface area contributed by atoms with Gasteiger partial charge in [0.05, 0.1) is 23.6 Å². The van der Waals surface area contributed by atoms with Gasteiger partial charge in [-0.15, -0.1) is 11.3 Å². The number of nitrogens with zero attached hydrogens (tertiary/aromatic N) is 1. The molecule has 0 saturated carbocycles. The van der Waals surface area contributed by atoms with Crippen LogP contribution in [0.25, 0.3) is 10.9 Å². The Kier molecular flexibility index (Phi) is 5.59. The van der Waals surface area contributed by atoms with Gasteiger partial charge >= 0.3 is 0 Å². The number of amides is 1. The number of benzene rings is 2. The van der Waals surface area contributed by atoms with Gasteiger partial charge in [-0.05, 0) is 59.3 Å². The van der Waals surface area contributed by atoms with E-state index in [0.29, 0.717) is 16.9 Å². The molecule has 0 radical (unpaired) electrons. The molecule has 2 aromatic carbocycles. The highest BCUT2D eigenvalue weighted by Crippen LogP contribution is 2.40. The molecule has 0 bridgehead atoms. The number of hydrogen-bond acceptors (Lipinski definition) is 6. The van der Waals surface area contributed by atoms with Crippen molar-refractivity contribution in [3.05, 3.63) is 93.5 Å². The summed E-state index contributed by atoms with van der Waals surface area (Å²) >= 11 is 1.26. The van der Waals surface area contributed by atoms with Gasteiger partial charge in [0.25, 0.3) is 5.91 Å². The maximum atomic E-state index is 13.3. The van der Waals surface area contributed by atoms with E-state index in [-0.39, 0.29) is 23.7 Å². The van der Waals surface area contributed by atoms with Crippen LogP contribution in [-0.2, 0) is 11.2 Å². The molecule has 0 spiro atoms. The molecule has 5 rings (SSSR count). The first kappa shape index (κ1) is 21.8. The van der Waals surface area contributed by atoms with Gasteiger partial charge in [-0.3, -0.25) is 9.59 Å². The van der Waals surface area contributed by atoms with Crippen LogP contribution in [0.2, 0.25) is 0 Å². The predicted octanol–water partition coefficient (Wildman–Crippen LogP) is 4.76. The van der Waals surface area contributed by atoms with Crippen molar-refractivity contribution in [2.24, 2.45) is 0 Å². The minimum atomic E-state index is -0.762. The lowest BCUT2D eigenvalue weighted by molar-refractivity contribution is -0.129. The first-order valence-corrected chi connectivity index (χ1v) is 11.6. The number of H-pyrrole nitrogens is 1. The first-order valence-electron chi connectivity index (χ1n) is 10.7. The number of fused-ring (bicyclic) bond motifs is 1. The number of rotatable bonds is 7. The summed E-state index contributed by atoms with van der Waals surface area (Å²) in [7, 11) is 1.61. The van der Waals surface area contributed by atoms with Crippen molar-refractivity contribution < 1.29 is 24.5 Å². The van der Waals surface area contributed by atoms with Gasteiger partial charge in [0.15, 0.2) is 5.76 Å². The quantitative estimate of drug-likeness (QED) is 0.335. The van der Waals surface area contributed by atoms with E-state index in [0.717, 1.165) is 22.2 Å². The summed E-state index contributed by atoms with van der Waals surface area (Å²) in [5.74, 6) is -0.687. The number of carbonyl (C=O) groups is 2. The van der Waals surface area contributed by atoms with Crippen LogP contribution in [0.5, 0.6) is 11.5 Å². The van der Waals surface area contributed by atoms with Crippen molar-refractivity contribution in [3.63, 3.8) is 0 Å². The summed E-state index contributed by atoms with van der Waals surface area (Å²) in [4.78, 5) is 31.6. The Morgan fingerprint density at radius 3 is 2.65 bits per heavy atom. The van der Waals surface area contributed by atoms with Crippen molar-refractivity contribution in [3.8, 4) is 11.5 Å². The van der Waals surface area contributed by atoms with Crippen molar-refractivity contribution in [1.29, 1.82) is 0 Å². The van der Waals surface area contributed by atoms with Crippen LogP contribution in [0.1, 0.15) is 26.8 Å². The molecule has 3 N–H and O–H groups in total. The topological polar surface area (TPSA) is 103 Å². The summed E-state index contributed by atoms with van der Waals surface area (Å²) in [6.45, 7) is 0.278. The Bertz CT molecular complexity index is 1400. The fraction of sp³-hybridized carbons (Fsp3) is 0.154. The lowest BCUT2D eigenvalue weighted by atomic mass is 9.95. The van der Waals surface area contributed by atoms with E-state index in [1.54, 1.807) is 36.8 Å². The fourth-order valence-electron chi connectivity index (χ4n) is 4.39. The Morgan fingerprint density at radius 1 is 1.15 bits per heavy atom. The summed E-state index contributed by atoms with van der Waals surface area (Å²) in [6.07, 6.45) is 2.40. The molecule has 0 fully saturated rings. The highest BCUT2D eigenvalue weighted by atomic mass is 32.1. The van der Waals surface area contributed by atoms with E-state index < -0.39 is 17.7 Å². The van der Waals surface area contributed by atoms with Gasteiger partial charge in [0, 0.05) is 23.6 Å². The van der Waals surface area contributed by atoms with Gasteiger partial charge in [-0.1, -0.05) is 18.2 Å². The molecule has 0 saturated heterocycles. The van der Waals surface area contributed by atoms with Crippen LogP contribution in [0.3, 0.4) is 0 Å². The molecule has 1 unspecified atom stereocenters. The lowest BCUT2D eigenvalue weighted by Crippen LogP contribution is -2.33. The molecule has 7 nitrogen and oxygen atoms in total. The third kappa shape index (κ3) is 3.72. The average molecular weight is 475 g/mol. The fourth-order valence-corrected chi connectivity index (χ4v) is 5.07. The van der Waals surface area contributed by atoms with Crippen LogP contribution < -0.4 is 4.74 Å². The number of aromatic hydroxyl groups is 1. The SMILES string of the molecule is COc1ccc2[nH]cc(CCN3C(=O)C(O)=C(C(=O)c4cccs4)C3c3ccc(O)cc3)c2c1. The maximum Gasteiger partial charge on any atom is 0.290 e. The molecule has 172 valence electrons. The minimum Gasteiger partial charge on any atom is -0.508 e. The number of nitrogens with one attached hydrogen (secondary N) is 1. The van der Waals surface area contributed by atoms with E-state index in [9.17, 15) is 19.8 Å². The number of hydrogen-bond donors (Lipinski definition) is 3. The Hall–Kier alpha value is -4.04. The van der Waals surface area contributed by atoms with E-state index >= 15 is 0 Å². The number of aromatic amines is 1. The van der Waals surface area contributed by atoms with Gasteiger partial charge in [0.1, 0.15) is 11.5 Å². The molecule has 1 aliphatic heterocycles. The number of carbonyl (C=O) groups excluding carboxylic acids is 2. The third-order valence-corrected chi connectivity index (χ3v) is 6.97. The number of thiophene rings is 1. The second-order valence-corrected chi connectivity index (χ2v) is 8.98. The Balaban J connectivity index is 1.50. The molecule has 1 aliphatic rings. The normalized spacial score (nSPS) is 16.0. The molecule has 3 heterocycles. The maximum absolute atomic E-state index is 13.3. The summed E-state index contributed by atoms with van der Waals surface area (Å²) < 4.78 is 5.34. The number of aliphatic hydroxyl groups excluding tert-OH is 1. The summed E-state index contributed by atoms with van der Waals surface area (Å²) in [5.41, 5.74) is 2.63. The van der Waals surface area contributed by atoms with Crippen molar-refractivity contribution in [2.45, 2.75) is 12.5 Å². The zero-order chi connectivity index (χ0) is 23.8. The molecule has 1 amide bonds. The number of ether oxygens (including phenoxy) is 1. The number of aliphatic hydroxyl groups is 1. The van der Waals surface area contributed by atoms with Crippen LogP contribution in [0, 0.1) is 0 Å². The number of Topliss-reactive ketones (excluding diaryl/α,β-unsaturated/α-hetero) is 1. The predicted molar refractivity (Wildman–Crippen MR) is 129 cm³/mol. The third-order valence-electron chi connectivity index (χ3n) is 6.10. The number of aromatic nitrogens is 1.